The highest BCUT2D eigenvalue weighted by molar-refractivity contribution is 8.13. The van der Waals surface area contributed by atoms with Crippen LogP contribution in [0.15, 0.2) is 0 Å². The molecule has 1 atom stereocenters. The standard InChI is InChI=1S/C11H20ClNO5S/c1-10(2,3)18-9(14)13-11(4-6-17-8-11)5-7-19(12,15)16/h4-8H2,1-3H3,(H,13,14). The third kappa shape index (κ3) is 6.44. The second-order valence-electron chi connectivity index (χ2n) is 5.70. The van der Waals surface area contributed by atoms with Gasteiger partial charge in [-0.3, -0.25) is 0 Å². The zero-order valence-electron chi connectivity index (χ0n) is 11.4. The molecule has 1 rings (SSSR count). The van der Waals surface area contributed by atoms with Gasteiger partial charge in [-0.15, -0.1) is 0 Å². The first-order valence-electron chi connectivity index (χ1n) is 6.03. The molecular formula is C11H20ClNO5S. The lowest BCUT2D eigenvalue weighted by Crippen LogP contribution is -2.51. The molecule has 112 valence electrons. The summed E-state index contributed by atoms with van der Waals surface area (Å²) in [7, 11) is 1.61. The number of ether oxygens (including phenoxy) is 2. The van der Waals surface area contributed by atoms with Crippen molar-refractivity contribution in [2.75, 3.05) is 19.0 Å². The molecule has 1 heterocycles. The van der Waals surface area contributed by atoms with Gasteiger partial charge in [-0.05, 0) is 33.6 Å². The second kappa shape index (κ2) is 5.85. The fraction of sp³-hybridized carbons (Fsp3) is 0.909. The van der Waals surface area contributed by atoms with Crippen LogP contribution in [0.2, 0.25) is 0 Å². The summed E-state index contributed by atoms with van der Waals surface area (Å²) in [4.78, 5) is 11.8. The first-order chi connectivity index (χ1) is 8.52. The number of hydrogen-bond donors (Lipinski definition) is 1. The number of rotatable bonds is 4. The number of nitrogens with one attached hydrogen (secondary N) is 1. The Kier molecular flexibility index (Phi) is 5.08. The molecule has 1 amide bonds. The van der Waals surface area contributed by atoms with Crippen molar-refractivity contribution in [1.82, 2.24) is 5.32 Å². The maximum Gasteiger partial charge on any atom is 0.408 e. The van der Waals surface area contributed by atoms with Crippen molar-refractivity contribution in [2.24, 2.45) is 0 Å². The Bertz CT molecular complexity index is 423. The topological polar surface area (TPSA) is 81.7 Å². The molecule has 0 aromatic heterocycles. The smallest absolute Gasteiger partial charge is 0.408 e. The Morgan fingerprint density at radius 2 is 2.11 bits per heavy atom. The van der Waals surface area contributed by atoms with E-state index in [-0.39, 0.29) is 18.8 Å². The second-order valence-corrected chi connectivity index (χ2v) is 8.60. The molecule has 0 spiro atoms. The number of carbonyl (C=O) groups is 1. The molecule has 1 fully saturated rings. The highest BCUT2D eigenvalue weighted by Crippen LogP contribution is 2.24. The third-order valence-electron chi connectivity index (χ3n) is 2.69. The van der Waals surface area contributed by atoms with E-state index in [2.05, 4.69) is 5.32 Å². The van der Waals surface area contributed by atoms with Crippen LogP contribution < -0.4 is 5.32 Å². The van der Waals surface area contributed by atoms with Crippen molar-refractivity contribution in [3.63, 3.8) is 0 Å². The van der Waals surface area contributed by atoms with Crippen molar-refractivity contribution in [3.8, 4) is 0 Å². The number of halogens is 1. The summed E-state index contributed by atoms with van der Waals surface area (Å²) in [5, 5.41) is 2.71. The number of alkyl carbamates (subject to hydrolysis) is 1. The molecule has 1 aliphatic rings. The van der Waals surface area contributed by atoms with Crippen molar-refractivity contribution in [2.45, 2.75) is 44.8 Å². The Labute approximate surface area is 118 Å². The fourth-order valence-corrected chi connectivity index (χ4v) is 2.67. The van der Waals surface area contributed by atoms with E-state index in [1.165, 1.54) is 0 Å². The summed E-state index contributed by atoms with van der Waals surface area (Å²) in [5.41, 5.74) is -1.33. The molecule has 1 aliphatic heterocycles. The van der Waals surface area contributed by atoms with E-state index in [0.717, 1.165) is 0 Å². The van der Waals surface area contributed by atoms with Gasteiger partial charge in [0, 0.05) is 17.3 Å². The summed E-state index contributed by atoms with van der Waals surface area (Å²) in [5.74, 6) is -0.215. The number of hydrogen-bond acceptors (Lipinski definition) is 5. The largest absolute Gasteiger partial charge is 0.444 e. The highest BCUT2D eigenvalue weighted by Gasteiger charge is 2.38. The van der Waals surface area contributed by atoms with Gasteiger partial charge in [0.25, 0.3) is 0 Å². The first-order valence-corrected chi connectivity index (χ1v) is 8.51. The normalized spacial score (nSPS) is 24.2. The number of amides is 1. The molecule has 0 saturated carbocycles. The van der Waals surface area contributed by atoms with Crippen LogP contribution in [0.3, 0.4) is 0 Å². The lowest BCUT2D eigenvalue weighted by atomic mass is 9.95. The van der Waals surface area contributed by atoms with Gasteiger partial charge in [0.05, 0.1) is 17.9 Å². The van der Waals surface area contributed by atoms with Crippen molar-refractivity contribution in [3.05, 3.63) is 0 Å². The maximum absolute atomic E-state index is 11.8. The lowest BCUT2D eigenvalue weighted by Gasteiger charge is -2.30. The summed E-state index contributed by atoms with van der Waals surface area (Å²) in [6.45, 7) is 6.01. The average Bonchev–Trinajstić information content (AvgIpc) is 2.60. The van der Waals surface area contributed by atoms with Crippen molar-refractivity contribution < 1.29 is 22.7 Å². The average molecular weight is 314 g/mol. The van der Waals surface area contributed by atoms with Gasteiger partial charge < -0.3 is 14.8 Å². The SMILES string of the molecule is CC(C)(C)OC(=O)NC1(CCS(=O)(=O)Cl)CCOC1. The van der Waals surface area contributed by atoms with Crippen LogP contribution in [0.1, 0.15) is 33.6 Å². The zero-order valence-corrected chi connectivity index (χ0v) is 12.9. The molecule has 1 saturated heterocycles. The van der Waals surface area contributed by atoms with E-state index in [4.69, 9.17) is 20.2 Å². The van der Waals surface area contributed by atoms with E-state index in [9.17, 15) is 13.2 Å². The van der Waals surface area contributed by atoms with Crippen LogP contribution in [-0.4, -0.2) is 44.6 Å². The van der Waals surface area contributed by atoms with E-state index >= 15 is 0 Å². The highest BCUT2D eigenvalue weighted by atomic mass is 35.7. The minimum Gasteiger partial charge on any atom is -0.444 e. The zero-order chi connectivity index (χ0) is 14.7. The van der Waals surface area contributed by atoms with E-state index < -0.39 is 26.3 Å². The van der Waals surface area contributed by atoms with Gasteiger partial charge in [-0.2, -0.15) is 0 Å². The summed E-state index contributed by atoms with van der Waals surface area (Å²) in [6.07, 6.45) is 0.168. The lowest BCUT2D eigenvalue weighted by molar-refractivity contribution is 0.0437. The van der Waals surface area contributed by atoms with Crippen molar-refractivity contribution >= 4 is 25.8 Å². The molecule has 8 heteroatoms. The van der Waals surface area contributed by atoms with Crippen LogP contribution in [0, 0.1) is 0 Å². The first kappa shape index (κ1) is 16.5. The van der Waals surface area contributed by atoms with Gasteiger partial charge in [-0.1, -0.05) is 0 Å². The van der Waals surface area contributed by atoms with Crippen molar-refractivity contribution in [1.29, 1.82) is 0 Å². The fourth-order valence-electron chi connectivity index (χ4n) is 1.80. The molecule has 6 nitrogen and oxygen atoms in total. The van der Waals surface area contributed by atoms with Crippen LogP contribution in [0.4, 0.5) is 4.79 Å². The summed E-state index contributed by atoms with van der Waals surface area (Å²) < 4.78 is 32.5. The molecule has 0 bridgehead atoms. The van der Waals surface area contributed by atoms with E-state index in [0.29, 0.717) is 13.0 Å². The molecule has 0 radical (unpaired) electrons. The molecule has 0 aromatic carbocycles. The molecule has 0 aliphatic carbocycles. The summed E-state index contributed by atoms with van der Waals surface area (Å²) in [6, 6.07) is 0. The summed E-state index contributed by atoms with van der Waals surface area (Å²) >= 11 is 0. The third-order valence-corrected chi connectivity index (χ3v) is 3.85. The van der Waals surface area contributed by atoms with Crippen LogP contribution in [0.5, 0.6) is 0 Å². The van der Waals surface area contributed by atoms with Gasteiger partial charge in [0.15, 0.2) is 0 Å². The predicted octanol–water partition coefficient (Wildman–Crippen LogP) is 1.63. The van der Waals surface area contributed by atoms with Crippen LogP contribution in [-0.2, 0) is 18.5 Å². The van der Waals surface area contributed by atoms with Gasteiger partial charge in [0.2, 0.25) is 9.05 Å². The molecule has 19 heavy (non-hydrogen) atoms. The van der Waals surface area contributed by atoms with Crippen LogP contribution in [0.25, 0.3) is 0 Å². The van der Waals surface area contributed by atoms with E-state index in [1.807, 2.05) is 0 Å². The Hall–Kier alpha value is -0.530. The maximum atomic E-state index is 11.8. The van der Waals surface area contributed by atoms with Gasteiger partial charge in [-0.25, -0.2) is 13.2 Å². The molecular weight excluding hydrogens is 294 g/mol. The Morgan fingerprint density at radius 1 is 1.47 bits per heavy atom. The minimum absolute atomic E-state index is 0.206. The molecule has 0 aromatic rings. The minimum atomic E-state index is -3.60. The molecule has 1 N–H and O–H groups in total. The van der Waals surface area contributed by atoms with Gasteiger partial charge >= 0.3 is 6.09 Å². The van der Waals surface area contributed by atoms with Gasteiger partial charge in [0.1, 0.15) is 5.60 Å². The molecule has 1 unspecified atom stereocenters. The Balaban J connectivity index is 2.64. The number of carbonyl (C=O) groups excluding carboxylic acids is 1. The van der Waals surface area contributed by atoms with Crippen LogP contribution >= 0.6 is 10.7 Å². The monoisotopic (exact) mass is 313 g/mol. The Morgan fingerprint density at radius 3 is 2.53 bits per heavy atom. The quantitative estimate of drug-likeness (QED) is 0.798. The predicted molar refractivity (Wildman–Crippen MR) is 71.8 cm³/mol. The van der Waals surface area contributed by atoms with E-state index in [1.54, 1.807) is 20.8 Å².